The third-order valence-corrected chi connectivity index (χ3v) is 5.48. The molecule has 1 aliphatic heterocycles. The molecule has 0 spiro atoms. The minimum absolute atomic E-state index is 0.409. The second-order valence-corrected chi connectivity index (χ2v) is 9.84. The molecule has 2 aliphatic rings. The predicted octanol–water partition coefficient (Wildman–Crippen LogP) is 4.50. The van der Waals surface area contributed by atoms with Gasteiger partial charge in [-0.15, -0.1) is 0 Å². The molecule has 1 heterocycles. The first-order chi connectivity index (χ1) is 11.0. The van der Waals surface area contributed by atoms with E-state index in [4.69, 9.17) is 9.47 Å². The maximum Gasteiger partial charge on any atom is 0.430 e. The van der Waals surface area contributed by atoms with Crippen LogP contribution in [0.25, 0.3) is 0 Å². The summed E-state index contributed by atoms with van der Waals surface area (Å²) in [7, 11) is 0. The largest absolute Gasteiger partial charge is 0.442 e. The fourth-order valence-electron chi connectivity index (χ4n) is 3.49. The minimum Gasteiger partial charge on any atom is -0.442 e. The molecule has 142 valence electrons. The van der Waals surface area contributed by atoms with Crippen molar-refractivity contribution in [2.24, 2.45) is 5.41 Å². The molecular formula is C19H32N2O4. The number of fused-ring (bicyclic) bond motifs is 2. The summed E-state index contributed by atoms with van der Waals surface area (Å²) in [4.78, 5) is 26.0. The fraction of sp³-hybridized carbons (Fsp3) is 0.789. The third-order valence-electron chi connectivity index (χ3n) is 5.48. The van der Waals surface area contributed by atoms with Gasteiger partial charge in [0, 0.05) is 5.41 Å². The number of hydrogen-bond donors (Lipinski definition) is 0. The smallest absolute Gasteiger partial charge is 0.430 e. The zero-order chi connectivity index (χ0) is 19.6. The van der Waals surface area contributed by atoms with Crippen molar-refractivity contribution in [3.05, 3.63) is 12.2 Å². The van der Waals surface area contributed by atoms with Gasteiger partial charge in [0.1, 0.15) is 11.2 Å². The van der Waals surface area contributed by atoms with E-state index in [0.29, 0.717) is 0 Å². The lowest BCUT2D eigenvalue weighted by Gasteiger charge is -2.42. The summed E-state index contributed by atoms with van der Waals surface area (Å²) in [6.07, 6.45) is 2.86. The molecule has 0 aromatic heterocycles. The molecule has 0 aromatic carbocycles. The Hall–Kier alpha value is -1.72. The lowest BCUT2D eigenvalue weighted by Crippen LogP contribution is -2.60. The molecule has 2 unspecified atom stereocenters. The van der Waals surface area contributed by atoms with Gasteiger partial charge in [-0.1, -0.05) is 26.0 Å². The second-order valence-electron chi connectivity index (χ2n) is 9.84. The van der Waals surface area contributed by atoms with Crippen LogP contribution in [0.1, 0.15) is 69.2 Å². The number of carbonyl (C=O) groups excluding carboxylic acids is 2. The van der Waals surface area contributed by atoms with E-state index in [-0.39, 0.29) is 0 Å². The maximum atomic E-state index is 13.0. The number of hydrazine groups is 1. The van der Waals surface area contributed by atoms with Gasteiger partial charge >= 0.3 is 12.2 Å². The van der Waals surface area contributed by atoms with Crippen molar-refractivity contribution >= 4 is 12.2 Å². The van der Waals surface area contributed by atoms with Crippen LogP contribution in [0.3, 0.4) is 0 Å². The van der Waals surface area contributed by atoms with Gasteiger partial charge in [-0.3, -0.25) is 0 Å². The number of nitrogens with zero attached hydrogens (tertiary/aromatic N) is 2. The van der Waals surface area contributed by atoms with E-state index >= 15 is 0 Å². The molecule has 2 bridgehead atoms. The van der Waals surface area contributed by atoms with Gasteiger partial charge in [0.25, 0.3) is 0 Å². The van der Waals surface area contributed by atoms with Crippen LogP contribution in [-0.4, -0.2) is 44.5 Å². The summed E-state index contributed by atoms with van der Waals surface area (Å²) >= 11 is 0. The number of rotatable bonds is 0. The van der Waals surface area contributed by atoms with E-state index in [1.54, 1.807) is 0 Å². The number of carbonyl (C=O) groups is 2. The molecule has 2 atom stereocenters. The predicted molar refractivity (Wildman–Crippen MR) is 95.9 cm³/mol. The highest BCUT2D eigenvalue weighted by molar-refractivity contribution is 5.79. The molecule has 1 fully saturated rings. The molecule has 0 radical (unpaired) electrons. The Labute approximate surface area is 151 Å². The summed E-state index contributed by atoms with van der Waals surface area (Å²) in [6.45, 7) is 18.8. The van der Waals surface area contributed by atoms with Gasteiger partial charge in [-0.25, -0.2) is 19.6 Å². The molecule has 1 aliphatic carbocycles. The van der Waals surface area contributed by atoms with Gasteiger partial charge in [0.05, 0.1) is 11.1 Å². The Balaban J connectivity index is 2.52. The first-order valence-electron chi connectivity index (χ1n) is 8.73. The van der Waals surface area contributed by atoms with Crippen molar-refractivity contribution in [2.45, 2.75) is 91.5 Å². The highest BCUT2D eigenvalue weighted by atomic mass is 16.6. The van der Waals surface area contributed by atoms with Crippen LogP contribution in [0.15, 0.2) is 12.2 Å². The van der Waals surface area contributed by atoms with Crippen LogP contribution in [0.4, 0.5) is 9.59 Å². The van der Waals surface area contributed by atoms with E-state index in [1.165, 1.54) is 10.0 Å². The second kappa shape index (κ2) is 5.15. The van der Waals surface area contributed by atoms with Crippen LogP contribution < -0.4 is 0 Å². The molecule has 6 nitrogen and oxygen atoms in total. The van der Waals surface area contributed by atoms with Gasteiger partial charge < -0.3 is 9.47 Å². The molecular weight excluding hydrogens is 320 g/mol. The van der Waals surface area contributed by atoms with E-state index in [9.17, 15) is 9.59 Å². The molecule has 2 rings (SSSR count). The standard InChI is InChI=1S/C19H32N2O4/c1-15(2,3)24-13(22)20-18(9)11-12-19(10,17(18,7)8)21(20)14(23)25-16(4,5)6/h11-12H,1-10H3. The molecule has 0 N–H and O–H groups in total. The Morgan fingerprint density at radius 3 is 1.24 bits per heavy atom. The molecule has 0 aromatic rings. The fourth-order valence-corrected chi connectivity index (χ4v) is 3.49. The summed E-state index contributed by atoms with van der Waals surface area (Å²) in [6, 6.07) is 0. The quantitative estimate of drug-likeness (QED) is 0.602. The van der Waals surface area contributed by atoms with E-state index in [1.807, 2.05) is 67.5 Å². The normalized spacial score (nSPS) is 30.6. The molecule has 25 heavy (non-hydrogen) atoms. The number of hydrogen-bond acceptors (Lipinski definition) is 4. The Morgan fingerprint density at radius 2 is 1.00 bits per heavy atom. The third kappa shape index (κ3) is 2.79. The monoisotopic (exact) mass is 352 g/mol. The van der Waals surface area contributed by atoms with Crippen molar-refractivity contribution in [3.63, 3.8) is 0 Å². The van der Waals surface area contributed by atoms with E-state index in [2.05, 4.69) is 13.8 Å². The number of ether oxygens (including phenoxy) is 2. The zero-order valence-corrected chi connectivity index (χ0v) is 17.2. The average molecular weight is 352 g/mol. The highest BCUT2D eigenvalue weighted by Gasteiger charge is 2.72. The van der Waals surface area contributed by atoms with Gasteiger partial charge in [0.15, 0.2) is 0 Å². The Kier molecular flexibility index (Phi) is 4.03. The summed E-state index contributed by atoms with van der Waals surface area (Å²) in [5, 5.41) is 2.85. The van der Waals surface area contributed by atoms with Gasteiger partial charge in [0.2, 0.25) is 0 Å². The molecule has 2 amide bonds. The summed E-state index contributed by atoms with van der Waals surface area (Å²) in [5.74, 6) is 0. The summed E-state index contributed by atoms with van der Waals surface area (Å²) < 4.78 is 11.2. The van der Waals surface area contributed by atoms with Crippen molar-refractivity contribution in [2.75, 3.05) is 0 Å². The summed E-state index contributed by atoms with van der Waals surface area (Å²) in [5.41, 5.74) is -3.12. The molecule has 0 saturated carbocycles. The molecule has 6 heteroatoms. The lowest BCUT2D eigenvalue weighted by atomic mass is 9.68. The van der Waals surface area contributed by atoms with Crippen LogP contribution in [0.2, 0.25) is 0 Å². The van der Waals surface area contributed by atoms with Crippen LogP contribution >= 0.6 is 0 Å². The topological polar surface area (TPSA) is 59.1 Å². The van der Waals surface area contributed by atoms with Crippen LogP contribution in [-0.2, 0) is 9.47 Å². The number of amides is 2. The van der Waals surface area contributed by atoms with Gasteiger partial charge in [-0.05, 0) is 55.4 Å². The van der Waals surface area contributed by atoms with Crippen molar-refractivity contribution in [3.8, 4) is 0 Å². The van der Waals surface area contributed by atoms with Crippen molar-refractivity contribution in [1.82, 2.24) is 10.0 Å². The lowest BCUT2D eigenvalue weighted by molar-refractivity contribution is -0.0826. The first-order valence-corrected chi connectivity index (χ1v) is 8.73. The van der Waals surface area contributed by atoms with Crippen molar-refractivity contribution in [1.29, 1.82) is 0 Å². The van der Waals surface area contributed by atoms with Crippen LogP contribution in [0.5, 0.6) is 0 Å². The highest BCUT2D eigenvalue weighted by Crippen LogP contribution is 2.61. The first kappa shape index (κ1) is 19.6. The Morgan fingerprint density at radius 1 is 0.720 bits per heavy atom. The van der Waals surface area contributed by atoms with Crippen molar-refractivity contribution < 1.29 is 19.1 Å². The maximum absolute atomic E-state index is 13.0. The zero-order valence-electron chi connectivity index (χ0n) is 17.2. The van der Waals surface area contributed by atoms with E-state index in [0.717, 1.165) is 0 Å². The average Bonchev–Trinajstić information content (AvgIpc) is 2.61. The van der Waals surface area contributed by atoms with Crippen LogP contribution in [0, 0.1) is 5.41 Å². The van der Waals surface area contributed by atoms with E-state index < -0.39 is 39.9 Å². The van der Waals surface area contributed by atoms with Gasteiger partial charge in [-0.2, -0.15) is 0 Å². The molecule has 1 saturated heterocycles. The minimum atomic E-state index is -0.693. The SMILES string of the molecule is CC(C)(C)OC(=O)N1N(C(=O)OC(C)(C)C)C2(C)C=CC1(C)C2(C)C. The Bertz CT molecular complexity index is 574.